The van der Waals surface area contributed by atoms with Gasteiger partial charge in [-0.25, -0.2) is 13.1 Å². The summed E-state index contributed by atoms with van der Waals surface area (Å²) in [4.78, 5) is 0.396. The van der Waals surface area contributed by atoms with Gasteiger partial charge in [0, 0.05) is 18.6 Å². The molecule has 0 spiro atoms. The molecule has 0 amide bonds. The Labute approximate surface area is 127 Å². The maximum absolute atomic E-state index is 12.5. The lowest BCUT2D eigenvalue weighted by molar-refractivity contribution is 0.552. The van der Waals surface area contributed by atoms with Gasteiger partial charge in [-0.15, -0.1) is 0 Å². The zero-order chi connectivity index (χ0) is 14.9. The van der Waals surface area contributed by atoms with Crippen LogP contribution in [-0.2, 0) is 16.6 Å². The fraction of sp³-hybridized carbons (Fsp3) is 0.625. The summed E-state index contributed by atoms with van der Waals surface area (Å²) in [5.41, 5.74) is 2.22. The number of hydrogen-bond donors (Lipinski definition) is 2. The van der Waals surface area contributed by atoms with Crippen LogP contribution in [0.5, 0.6) is 0 Å². The molecule has 5 heteroatoms. The highest BCUT2D eigenvalue weighted by atomic mass is 32.2. The monoisotopic (exact) mass is 308 g/mol. The first kappa shape index (κ1) is 15.0. The summed E-state index contributed by atoms with van der Waals surface area (Å²) in [5.74, 6) is 0. The van der Waals surface area contributed by atoms with E-state index < -0.39 is 10.0 Å². The second-order valence-corrected chi connectivity index (χ2v) is 8.06. The van der Waals surface area contributed by atoms with Crippen molar-refractivity contribution in [2.24, 2.45) is 0 Å². The van der Waals surface area contributed by atoms with Crippen molar-refractivity contribution in [1.82, 2.24) is 10.0 Å². The Kier molecular flexibility index (Phi) is 4.33. The van der Waals surface area contributed by atoms with Crippen molar-refractivity contribution < 1.29 is 8.42 Å². The maximum atomic E-state index is 12.5. The van der Waals surface area contributed by atoms with Gasteiger partial charge in [-0.2, -0.15) is 0 Å². The average Bonchev–Trinajstić information content (AvgIpc) is 3.14. The van der Waals surface area contributed by atoms with Crippen LogP contribution in [-0.4, -0.2) is 20.5 Å². The molecule has 0 aromatic heterocycles. The van der Waals surface area contributed by atoms with Gasteiger partial charge in [0.2, 0.25) is 10.0 Å². The number of rotatable bonds is 6. The number of hydrogen-bond acceptors (Lipinski definition) is 3. The molecule has 0 unspecified atom stereocenters. The molecule has 3 rings (SSSR count). The predicted molar refractivity (Wildman–Crippen MR) is 83.6 cm³/mol. The van der Waals surface area contributed by atoms with Crippen LogP contribution in [0.2, 0.25) is 0 Å². The Bertz CT molecular complexity index is 603. The number of nitrogens with one attached hydrogen (secondary N) is 2. The molecule has 0 radical (unpaired) electrons. The molecule has 116 valence electrons. The summed E-state index contributed by atoms with van der Waals surface area (Å²) in [6, 6.07) is 6.19. The van der Waals surface area contributed by atoms with Crippen molar-refractivity contribution in [3.05, 3.63) is 29.3 Å². The first-order chi connectivity index (χ1) is 10.0. The second-order valence-electron chi connectivity index (χ2n) is 6.35. The van der Waals surface area contributed by atoms with E-state index in [1.54, 1.807) is 6.07 Å². The predicted octanol–water partition coefficient (Wildman–Crippen LogP) is 2.47. The quantitative estimate of drug-likeness (QED) is 0.849. The Morgan fingerprint density at radius 2 is 1.81 bits per heavy atom. The molecule has 21 heavy (non-hydrogen) atoms. The van der Waals surface area contributed by atoms with Gasteiger partial charge in [0.05, 0.1) is 4.90 Å². The highest BCUT2D eigenvalue weighted by Crippen LogP contribution is 2.23. The normalized spacial score (nSPS) is 20.0. The lowest BCUT2D eigenvalue weighted by atomic mass is 10.1. The molecule has 4 nitrogen and oxygen atoms in total. The highest BCUT2D eigenvalue weighted by Gasteiger charge is 2.24. The first-order valence-corrected chi connectivity index (χ1v) is 9.38. The molecule has 2 saturated carbocycles. The van der Waals surface area contributed by atoms with Gasteiger partial charge in [-0.05, 0) is 55.9 Å². The minimum Gasteiger partial charge on any atom is -0.310 e. The summed E-state index contributed by atoms with van der Waals surface area (Å²) >= 11 is 0. The molecule has 2 N–H and O–H groups in total. The van der Waals surface area contributed by atoms with E-state index in [9.17, 15) is 8.42 Å². The van der Waals surface area contributed by atoms with Crippen LogP contribution < -0.4 is 10.0 Å². The van der Waals surface area contributed by atoms with Crippen molar-refractivity contribution in [3.63, 3.8) is 0 Å². The molecule has 1 aromatic rings. The summed E-state index contributed by atoms with van der Waals surface area (Å²) < 4.78 is 27.8. The lowest BCUT2D eigenvalue weighted by Crippen LogP contribution is -2.32. The van der Waals surface area contributed by atoms with E-state index in [1.807, 2.05) is 19.1 Å². The second kappa shape index (κ2) is 6.07. The van der Waals surface area contributed by atoms with E-state index in [2.05, 4.69) is 10.0 Å². The van der Waals surface area contributed by atoms with Gasteiger partial charge in [-0.1, -0.05) is 18.9 Å². The lowest BCUT2D eigenvalue weighted by Gasteiger charge is -2.14. The molecule has 0 heterocycles. The minimum atomic E-state index is -3.38. The number of benzene rings is 1. The van der Waals surface area contributed by atoms with E-state index in [0.717, 1.165) is 43.4 Å². The Hall–Kier alpha value is -0.910. The third kappa shape index (κ3) is 3.84. The Morgan fingerprint density at radius 3 is 2.48 bits per heavy atom. The van der Waals surface area contributed by atoms with Crippen molar-refractivity contribution in [2.75, 3.05) is 0 Å². The van der Waals surface area contributed by atoms with E-state index in [4.69, 9.17) is 0 Å². The SMILES string of the molecule is Cc1ccc(S(=O)(=O)NC2CCCC2)cc1CNC1CC1. The van der Waals surface area contributed by atoms with E-state index in [-0.39, 0.29) is 6.04 Å². The van der Waals surface area contributed by atoms with Crippen molar-refractivity contribution >= 4 is 10.0 Å². The van der Waals surface area contributed by atoms with Crippen molar-refractivity contribution in [2.45, 2.75) is 69.0 Å². The Balaban J connectivity index is 1.74. The molecular formula is C16H24N2O2S. The summed E-state index contributed by atoms with van der Waals surface area (Å²) in [6.45, 7) is 2.79. The van der Waals surface area contributed by atoms with Crippen LogP contribution >= 0.6 is 0 Å². The minimum absolute atomic E-state index is 0.115. The summed E-state index contributed by atoms with van der Waals surface area (Å²) in [6.07, 6.45) is 6.64. The topological polar surface area (TPSA) is 58.2 Å². The fourth-order valence-electron chi connectivity index (χ4n) is 2.88. The van der Waals surface area contributed by atoms with Crippen LogP contribution in [0.1, 0.15) is 49.7 Å². The van der Waals surface area contributed by atoms with Crippen LogP contribution in [0.25, 0.3) is 0 Å². The average molecular weight is 308 g/mol. The van der Waals surface area contributed by atoms with E-state index in [0.29, 0.717) is 10.9 Å². The first-order valence-electron chi connectivity index (χ1n) is 7.90. The van der Waals surface area contributed by atoms with Gasteiger partial charge < -0.3 is 5.32 Å². The third-order valence-corrected chi connectivity index (χ3v) is 5.98. The third-order valence-electron chi connectivity index (χ3n) is 4.47. The summed E-state index contributed by atoms with van der Waals surface area (Å²) in [7, 11) is -3.38. The molecule has 0 atom stereocenters. The molecule has 2 aliphatic carbocycles. The van der Waals surface area contributed by atoms with Crippen molar-refractivity contribution in [3.8, 4) is 0 Å². The molecule has 0 saturated heterocycles. The van der Waals surface area contributed by atoms with E-state index >= 15 is 0 Å². The van der Waals surface area contributed by atoms with Gasteiger partial charge in [-0.3, -0.25) is 0 Å². The van der Waals surface area contributed by atoms with Crippen molar-refractivity contribution in [1.29, 1.82) is 0 Å². The molecule has 2 fully saturated rings. The maximum Gasteiger partial charge on any atom is 0.240 e. The van der Waals surface area contributed by atoms with Crippen LogP contribution in [0.4, 0.5) is 0 Å². The van der Waals surface area contributed by atoms with Crippen LogP contribution in [0, 0.1) is 6.92 Å². The standard InChI is InChI=1S/C16H24N2O2S/c1-12-6-9-16(10-13(12)11-17-14-7-8-14)21(19,20)18-15-4-2-3-5-15/h6,9-10,14-15,17-18H,2-5,7-8,11H2,1H3. The fourth-order valence-corrected chi connectivity index (χ4v) is 4.23. The number of sulfonamides is 1. The Morgan fingerprint density at radius 1 is 1.10 bits per heavy atom. The molecule has 1 aromatic carbocycles. The van der Waals surface area contributed by atoms with Crippen LogP contribution in [0.3, 0.4) is 0 Å². The van der Waals surface area contributed by atoms with Gasteiger partial charge >= 0.3 is 0 Å². The highest BCUT2D eigenvalue weighted by molar-refractivity contribution is 7.89. The zero-order valence-corrected chi connectivity index (χ0v) is 13.4. The summed E-state index contributed by atoms with van der Waals surface area (Å²) in [5, 5.41) is 3.45. The number of aryl methyl sites for hydroxylation is 1. The van der Waals surface area contributed by atoms with Gasteiger partial charge in [0.1, 0.15) is 0 Å². The van der Waals surface area contributed by atoms with E-state index in [1.165, 1.54) is 12.8 Å². The molecule has 0 bridgehead atoms. The van der Waals surface area contributed by atoms with Gasteiger partial charge in [0.25, 0.3) is 0 Å². The largest absolute Gasteiger partial charge is 0.310 e. The smallest absolute Gasteiger partial charge is 0.240 e. The zero-order valence-electron chi connectivity index (χ0n) is 12.6. The van der Waals surface area contributed by atoms with Gasteiger partial charge in [0.15, 0.2) is 0 Å². The van der Waals surface area contributed by atoms with Crippen LogP contribution in [0.15, 0.2) is 23.1 Å². The molecule has 0 aliphatic heterocycles. The molecule has 2 aliphatic rings. The molecular weight excluding hydrogens is 284 g/mol.